The van der Waals surface area contributed by atoms with Gasteiger partial charge in [0.25, 0.3) is 0 Å². The molecule has 164 valence electrons. The zero-order valence-electron chi connectivity index (χ0n) is 17.6. The molecular weight excluding hydrogens is 438 g/mol. The zero-order valence-corrected chi connectivity index (χ0v) is 19.1. The van der Waals surface area contributed by atoms with Crippen LogP contribution in [0.2, 0.25) is 5.02 Å². The number of aromatic nitrogens is 2. The van der Waals surface area contributed by atoms with Gasteiger partial charge in [-0.1, -0.05) is 36.7 Å². The van der Waals surface area contributed by atoms with Crippen molar-refractivity contribution in [2.24, 2.45) is 0 Å². The van der Waals surface area contributed by atoms with E-state index in [1.165, 1.54) is 6.20 Å². The van der Waals surface area contributed by atoms with E-state index in [2.05, 4.69) is 14.7 Å². The lowest BCUT2D eigenvalue weighted by Crippen LogP contribution is -2.24. The lowest BCUT2D eigenvalue weighted by atomic mass is 10.1. The topological polar surface area (TPSA) is 90.4 Å². The summed E-state index contributed by atoms with van der Waals surface area (Å²) in [7, 11) is -0.419. The standard InChI is InChI=1S/C22H24ClN3O4S/c1-4-25-31(27,28)21-8-6-5-7-15(21)12-19-18(23)14-24-22(26-19)13-16-11-17(29-2)9-10-20(16)30-3/h5-11,14,25H,4,12-13H2,1-3H3. The first-order chi connectivity index (χ1) is 14.9. The van der Waals surface area contributed by atoms with Crippen LogP contribution < -0.4 is 14.2 Å². The van der Waals surface area contributed by atoms with Gasteiger partial charge < -0.3 is 9.47 Å². The van der Waals surface area contributed by atoms with Crippen molar-refractivity contribution in [1.29, 1.82) is 0 Å². The smallest absolute Gasteiger partial charge is 0.240 e. The fourth-order valence-corrected chi connectivity index (χ4v) is 4.64. The van der Waals surface area contributed by atoms with Crippen molar-refractivity contribution in [3.8, 4) is 11.5 Å². The van der Waals surface area contributed by atoms with Gasteiger partial charge in [-0.3, -0.25) is 0 Å². The van der Waals surface area contributed by atoms with Crippen LogP contribution in [0.15, 0.2) is 53.6 Å². The van der Waals surface area contributed by atoms with Gasteiger partial charge in [0.2, 0.25) is 10.0 Å². The number of rotatable bonds is 9. The Kier molecular flexibility index (Phi) is 7.48. The summed E-state index contributed by atoms with van der Waals surface area (Å²) in [5.74, 6) is 1.94. The molecule has 9 heteroatoms. The van der Waals surface area contributed by atoms with E-state index in [1.54, 1.807) is 45.4 Å². The van der Waals surface area contributed by atoms with Crippen LogP contribution in [0.1, 0.15) is 29.6 Å². The van der Waals surface area contributed by atoms with Gasteiger partial charge in [0.1, 0.15) is 17.3 Å². The van der Waals surface area contributed by atoms with Crippen LogP contribution in [0.25, 0.3) is 0 Å². The van der Waals surface area contributed by atoms with Gasteiger partial charge in [-0.2, -0.15) is 0 Å². The summed E-state index contributed by atoms with van der Waals surface area (Å²) in [6, 6.07) is 12.3. The van der Waals surface area contributed by atoms with E-state index in [0.29, 0.717) is 46.6 Å². The third kappa shape index (κ3) is 5.52. The first kappa shape index (κ1) is 23.0. The van der Waals surface area contributed by atoms with E-state index in [0.717, 1.165) is 5.56 Å². The summed E-state index contributed by atoms with van der Waals surface area (Å²) in [5, 5.41) is 0.372. The van der Waals surface area contributed by atoms with E-state index in [-0.39, 0.29) is 11.3 Å². The minimum absolute atomic E-state index is 0.211. The molecule has 0 atom stereocenters. The Balaban J connectivity index is 1.94. The van der Waals surface area contributed by atoms with Crippen molar-refractivity contribution >= 4 is 21.6 Å². The molecule has 1 aromatic heterocycles. The van der Waals surface area contributed by atoms with Crippen molar-refractivity contribution in [1.82, 2.24) is 14.7 Å². The number of nitrogens with zero attached hydrogens (tertiary/aromatic N) is 2. The molecule has 1 N–H and O–H groups in total. The van der Waals surface area contributed by atoms with Crippen molar-refractivity contribution in [3.05, 3.63) is 76.3 Å². The van der Waals surface area contributed by atoms with Crippen LogP contribution in [-0.4, -0.2) is 39.2 Å². The summed E-state index contributed by atoms with van der Waals surface area (Å²) >= 11 is 6.35. The Bertz CT molecular complexity index is 1170. The summed E-state index contributed by atoms with van der Waals surface area (Å²) in [6.07, 6.45) is 2.19. The second-order valence-electron chi connectivity index (χ2n) is 6.72. The minimum atomic E-state index is -3.62. The molecule has 3 aromatic rings. The van der Waals surface area contributed by atoms with Crippen LogP contribution in [0.5, 0.6) is 11.5 Å². The van der Waals surface area contributed by atoms with Crippen LogP contribution in [0.3, 0.4) is 0 Å². The summed E-state index contributed by atoms with van der Waals surface area (Å²) in [6.45, 7) is 2.04. The SMILES string of the molecule is CCNS(=O)(=O)c1ccccc1Cc1nc(Cc2cc(OC)ccc2OC)ncc1Cl. The number of hydrogen-bond acceptors (Lipinski definition) is 6. The van der Waals surface area contributed by atoms with Gasteiger partial charge in [-0.15, -0.1) is 0 Å². The third-order valence-electron chi connectivity index (χ3n) is 4.66. The lowest BCUT2D eigenvalue weighted by molar-refractivity contribution is 0.399. The fourth-order valence-electron chi connectivity index (χ4n) is 3.20. The first-order valence-corrected chi connectivity index (χ1v) is 11.5. The highest BCUT2D eigenvalue weighted by Gasteiger charge is 2.19. The predicted octanol–water partition coefficient (Wildman–Crippen LogP) is 3.63. The number of benzene rings is 2. The zero-order chi connectivity index (χ0) is 22.4. The molecule has 0 aliphatic heterocycles. The molecule has 0 spiro atoms. The summed E-state index contributed by atoms with van der Waals surface area (Å²) < 4.78 is 38.4. The number of nitrogens with one attached hydrogen (secondary N) is 1. The normalized spacial score (nSPS) is 11.4. The summed E-state index contributed by atoms with van der Waals surface area (Å²) in [5.41, 5.74) is 2.02. The van der Waals surface area contributed by atoms with Gasteiger partial charge in [-0.05, 0) is 29.8 Å². The predicted molar refractivity (Wildman–Crippen MR) is 120 cm³/mol. The molecule has 0 aliphatic rings. The Morgan fingerprint density at radius 1 is 1.03 bits per heavy atom. The highest BCUT2D eigenvalue weighted by molar-refractivity contribution is 7.89. The van der Waals surface area contributed by atoms with E-state index < -0.39 is 10.0 Å². The number of sulfonamides is 1. The van der Waals surface area contributed by atoms with Crippen LogP contribution in [0.4, 0.5) is 0 Å². The molecule has 0 radical (unpaired) electrons. The van der Waals surface area contributed by atoms with Crippen molar-refractivity contribution < 1.29 is 17.9 Å². The molecule has 0 aliphatic carbocycles. The maximum absolute atomic E-state index is 12.6. The maximum Gasteiger partial charge on any atom is 0.240 e. The molecule has 7 nitrogen and oxygen atoms in total. The number of halogens is 1. The highest BCUT2D eigenvalue weighted by atomic mass is 35.5. The molecule has 2 aromatic carbocycles. The second kappa shape index (κ2) is 10.1. The summed E-state index contributed by atoms with van der Waals surface area (Å²) in [4.78, 5) is 9.16. The van der Waals surface area contributed by atoms with Gasteiger partial charge in [-0.25, -0.2) is 23.1 Å². The second-order valence-corrected chi connectivity index (χ2v) is 8.86. The fraction of sp³-hybridized carbons (Fsp3) is 0.273. The largest absolute Gasteiger partial charge is 0.497 e. The molecule has 0 bridgehead atoms. The van der Waals surface area contributed by atoms with Crippen molar-refractivity contribution in [3.63, 3.8) is 0 Å². The molecule has 0 unspecified atom stereocenters. The number of hydrogen-bond donors (Lipinski definition) is 1. The number of methoxy groups -OCH3 is 2. The molecule has 0 fully saturated rings. The van der Waals surface area contributed by atoms with E-state index >= 15 is 0 Å². The lowest BCUT2D eigenvalue weighted by Gasteiger charge is -2.13. The van der Waals surface area contributed by atoms with Gasteiger partial charge in [0.15, 0.2) is 0 Å². The third-order valence-corrected chi connectivity index (χ3v) is 6.62. The average Bonchev–Trinajstić information content (AvgIpc) is 2.76. The van der Waals surface area contributed by atoms with E-state index in [1.807, 2.05) is 18.2 Å². The molecule has 1 heterocycles. The molecule has 3 rings (SSSR count). The first-order valence-electron chi connectivity index (χ1n) is 9.66. The Labute approximate surface area is 187 Å². The highest BCUT2D eigenvalue weighted by Crippen LogP contribution is 2.27. The maximum atomic E-state index is 12.6. The minimum Gasteiger partial charge on any atom is -0.497 e. The number of ether oxygens (including phenoxy) is 2. The van der Waals surface area contributed by atoms with Crippen LogP contribution in [0, 0.1) is 0 Å². The quantitative estimate of drug-likeness (QED) is 0.523. The molecule has 31 heavy (non-hydrogen) atoms. The monoisotopic (exact) mass is 461 g/mol. The van der Waals surface area contributed by atoms with Crippen LogP contribution >= 0.6 is 11.6 Å². The van der Waals surface area contributed by atoms with Crippen LogP contribution in [-0.2, 0) is 22.9 Å². The van der Waals surface area contributed by atoms with Gasteiger partial charge in [0.05, 0.1) is 29.8 Å². The van der Waals surface area contributed by atoms with E-state index in [9.17, 15) is 8.42 Å². The van der Waals surface area contributed by atoms with Gasteiger partial charge in [0, 0.05) is 31.1 Å². The Morgan fingerprint density at radius 2 is 1.81 bits per heavy atom. The molecule has 0 saturated heterocycles. The molecular formula is C22H24ClN3O4S. The van der Waals surface area contributed by atoms with E-state index in [4.69, 9.17) is 21.1 Å². The van der Waals surface area contributed by atoms with Gasteiger partial charge >= 0.3 is 0 Å². The molecule has 0 amide bonds. The Morgan fingerprint density at radius 3 is 2.52 bits per heavy atom. The van der Waals surface area contributed by atoms with Crippen molar-refractivity contribution in [2.45, 2.75) is 24.7 Å². The molecule has 0 saturated carbocycles. The van der Waals surface area contributed by atoms with Crippen molar-refractivity contribution in [2.75, 3.05) is 20.8 Å². The Hall–Kier alpha value is -2.68. The average molecular weight is 462 g/mol.